The third-order valence-electron chi connectivity index (χ3n) is 5.01. The number of carbonyl (C=O) groups excluding carboxylic acids is 1. The number of carboxylic acid groups (broad SMARTS) is 1. The van der Waals surface area contributed by atoms with Crippen LogP contribution in [-0.4, -0.2) is 43.3 Å². The van der Waals surface area contributed by atoms with Crippen LogP contribution in [0, 0.1) is 0 Å². The first-order valence-electron chi connectivity index (χ1n) is 9.50. The third-order valence-corrected chi connectivity index (χ3v) is 5.01. The zero-order chi connectivity index (χ0) is 17.7. The first-order chi connectivity index (χ1) is 10.8. The number of unbranched alkanes of at least 4 members (excludes halogenated alkanes) is 4. The number of nitrogens with zero attached hydrogens (tertiary/aromatic N) is 1. The average Bonchev–Trinajstić information content (AvgIpc) is 2.47. The molecule has 0 bridgehead atoms. The molecule has 138 valence electrons. The van der Waals surface area contributed by atoms with Crippen molar-refractivity contribution in [3.63, 3.8) is 0 Å². The van der Waals surface area contributed by atoms with E-state index in [1.807, 2.05) is 0 Å². The second-order valence-electron chi connectivity index (χ2n) is 7.42. The molecular formula is C19H38FNO2. The molecule has 0 aliphatic heterocycles. The van der Waals surface area contributed by atoms with Gasteiger partial charge in [0, 0.05) is 12.4 Å². The number of halogens is 1. The molecule has 0 aromatic carbocycles. The molecule has 23 heavy (non-hydrogen) atoms. The van der Waals surface area contributed by atoms with Crippen LogP contribution < -0.4 is 5.11 Å². The van der Waals surface area contributed by atoms with Crippen LogP contribution in [0.3, 0.4) is 0 Å². The molecule has 4 heteroatoms. The third kappa shape index (κ3) is 11.5. The van der Waals surface area contributed by atoms with Crippen molar-refractivity contribution >= 4 is 5.97 Å². The molecule has 0 aliphatic carbocycles. The smallest absolute Gasteiger partial charge is 0.100 e. The van der Waals surface area contributed by atoms with E-state index in [1.165, 1.54) is 0 Å². The van der Waals surface area contributed by atoms with Crippen LogP contribution >= 0.6 is 0 Å². The molecule has 0 N–H and O–H groups in total. The summed E-state index contributed by atoms with van der Waals surface area (Å²) >= 11 is 0. The summed E-state index contributed by atoms with van der Waals surface area (Å²) in [5, 5.41) is 10.4. The number of rotatable bonds is 15. The molecule has 0 saturated heterocycles. The quantitative estimate of drug-likeness (QED) is 0.338. The van der Waals surface area contributed by atoms with Crippen LogP contribution in [0.5, 0.6) is 0 Å². The van der Waals surface area contributed by atoms with Gasteiger partial charge in [-0.05, 0) is 44.9 Å². The molecule has 0 rings (SSSR count). The number of hydrogen-bond acceptors (Lipinski definition) is 2. The van der Waals surface area contributed by atoms with Crippen molar-refractivity contribution in [1.82, 2.24) is 0 Å². The Balaban J connectivity index is 4.05. The molecule has 0 fully saturated rings. The molecule has 0 aromatic rings. The van der Waals surface area contributed by atoms with Gasteiger partial charge < -0.3 is 14.4 Å². The molecule has 0 heterocycles. The Morgan fingerprint density at radius 2 is 1.70 bits per heavy atom. The van der Waals surface area contributed by atoms with E-state index in [9.17, 15) is 14.3 Å². The van der Waals surface area contributed by atoms with E-state index in [4.69, 9.17) is 0 Å². The molecule has 0 aromatic heterocycles. The molecule has 0 aliphatic rings. The Morgan fingerprint density at radius 1 is 1.00 bits per heavy atom. The Labute approximate surface area is 142 Å². The standard InChI is InChI=1S/C19H38FNO2/c1-5-7-9-12-17(20)14-15-18(6-2)21(3,4)16-11-8-10-13-19(22)23/h17-18H,5-16H2,1-4H3. The first-order valence-corrected chi connectivity index (χ1v) is 9.50. The fraction of sp³-hybridized carbons (Fsp3) is 0.947. The Kier molecular flexibility index (Phi) is 12.4. The first kappa shape index (κ1) is 22.4. The molecule has 0 amide bonds. The van der Waals surface area contributed by atoms with Crippen molar-refractivity contribution in [2.24, 2.45) is 0 Å². The highest BCUT2D eigenvalue weighted by molar-refractivity contribution is 5.63. The summed E-state index contributed by atoms with van der Waals surface area (Å²) in [4.78, 5) is 10.4. The van der Waals surface area contributed by atoms with E-state index in [1.54, 1.807) is 0 Å². The zero-order valence-electron chi connectivity index (χ0n) is 15.8. The Morgan fingerprint density at radius 3 is 2.26 bits per heavy atom. The lowest BCUT2D eigenvalue weighted by Crippen LogP contribution is -2.49. The van der Waals surface area contributed by atoms with E-state index in [0.29, 0.717) is 25.3 Å². The van der Waals surface area contributed by atoms with Crippen molar-refractivity contribution in [2.45, 2.75) is 96.7 Å². The van der Waals surface area contributed by atoms with E-state index in [2.05, 4.69) is 27.9 Å². The zero-order valence-corrected chi connectivity index (χ0v) is 15.8. The SMILES string of the molecule is CCCCCC(F)CCC(CC)[N+](C)(C)CCCCCC(=O)[O-]. The van der Waals surface area contributed by atoms with Gasteiger partial charge in [-0.3, -0.25) is 0 Å². The maximum Gasteiger partial charge on any atom is 0.100 e. The number of aliphatic carboxylic acids is 1. The van der Waals surface area contributed by atoms with Gasteiger partial charge in [0.2, 0.25) is 0 Å². The molecular weight excluding hydrogens is 293 g/mol. The normalized spacial score (nSPS) is 14.7. The summed E-state index contributed by atoms with van der Waals surface area (Å²) in [7, 11) is 4.44. The van der Waals surface area contributed by atoms with E-state index >= 15 is 0 Å². The highest BCUT2D eigenvalue weighted by Gasteiger charge is 2.26. The van der Waals surface area contributed by atoms with Crippen LogP contribution in [0.15, 0.2) is 0 Å². The predicted molar refractivity (Wildman–Crippen MR) is 92.8 cm³/mol. The molecule has 2 atom stereocenters. The molecule has 0 spiro atoms. The van der Waals surface area contributed by atoms with Gasteiger partial charge in [0.25, 0.3) is 0 Å². The van der Waals surface area contributed by atoms with Gasteiger partial charge in [0.1, 0.15) is 6.17 Å². The minimum atomic E-state index is -0.956. The summed E-state index contributed by atoms with van der Waals surface area (Å²) in [5.74, 6) is -0.956. The van der Waals surface area contributed by atoms with Crippen molar-refractivity contribution < 1.29 is 18.8 Å². The van der Waals surface area contributed by atoms with E-state index in [-0.39, 0.29) is 6.42 Å². The lowest BCUT2D eigenvalue weighted by atomic mass is 10.00. The van der Waals surface area contributed by atoms with Crippen molar-refractivity contribution in [3.05, 3.63) is 0 Å². The van der Waals surface area contributed by atoms with Crippen LogP contribution in [0.25, 0.3) is 0 Å². The Bertz CT molecular complexity index is 308. The maximum absolute atomic E-state index is 14.0. The van der Waals surface area contributed by atoms with E-state index < -0.39 is 12.1 Å². The molecule has 3 nitrogen and oxygen atoms in total. The lowest BCUT2D eigenvalue weighted by Gasteiger charge is -2.38. The summed E-state index contributed by atoms with van der Waals surface area (Å²) in [6.07, 6.45) is 8.82. The highest BCUT2D eigenvalue weighted by Crippen LogP contribution is 2.21. The molecule has 0 saturated carbocycles. The van der Waals surface area contributed by atoms with Crippen LogP contribution in [0.4, 0.5) is 4.39 Å². The minimum Gasteiger partial charge on any atom is -0.550 e. The van der Waals surface area contributed by atoms with Gasteiger partial charge in [0.05, 0.1) is 26.7 Å². The monoisotopic (exact) mass is 331 g/mol. The fourth-order valence-electron chi connectivity index (χ4n) is 3.33. The topological polar surface area (TPSA) is 40.1 Å². The minimum absolute atomic E-state index is 0.159. The number of alkyl halides is 1. The molecule has 0 radical (unpaired) electrons. The number of hydrogen-bond donors (Lipinski definition) is 0. The van der Waals surface area contributed by atoms with Gasteiger partial charge in [-0.15, -0.1) is 0 Å². The van der Waals surface area contributed by atoms with Gasteiger partial charge in [-0.1, -0.05) is 33.1 Å². The summed E-state index contributed by atoms with van der Waals surface area (Å²) in [5.41, 5.74) is 0. The van der Waals surface area contributed by atoms with Gasteiger partial charge in [-0.2, -0.15) is 0 Å². The number of quaternary nitrogens is 1. The Hall–Kier alpha value is -0.640. The summed E-state index contributed by atoms with van der Waals surface area (Å²) < 4.78 is 14.9. The largest absolute Gasteiger partial charge is 0.550 e. The van der Waals surface area contributed by atoms with Gasteiger partial charge in [-0.25, -0.2) is 4.39 Å². The average molecular weight is 332 g/mol. The predicted octanol–water partition coefficient (Wildman–Crippen LogP) is 3.85. The summed E-state index contributed by atoms with van der Waals surface area (Å²) in [6, 6.07) is 0.487. The van der Waals surface area contributed by atoms with Crippen molar-refractivity contribution in [3.8, 4) is 0 Å². The van der Waals surface area contributed by atoms with Crippen LogP contribution in [0.2, 0.25) is 0 Å². The second-order valence-corrected chi connectivity index (χ2v) is 7.42. The fourth-order valence-corrected chi connectivity index (χ4v) is 3.33. The number of carboxylic acids is 1. The van der Waals surface area contributed by atoms with Crippen molar-refractivity contribution in [2.75, 3.05) is 20.6 Å². The van der Waals surface area contributed by atoms with Crippen LogP contribution in [-0.2, 0) is 4.79 Å². The van der Waals surface area contributed by atoms with Gasteiger partial charge >= 0.3 is 0 Å². The summed E-state index contributed by atoms with van der Waals surface area (Å²) in [6.45, 7) is 5.36. The van der Waals surface area contributed by atoms with Crippen LogP contribution in [0.1, 0.15) is 84.5 Å². The highest BCUT2D eigenvalue weighted by atomic mass is 19.1. The van der Waals surface area contributed by atoms with Gasteiger partial charge in [0.15, 0.2) is 0 Å². The maximum atomic E-state index is 14.0. The van der Waals surface area contributed by atoms with E-state index in [0.717, 1.165) is 56.0 Å². The second kappa shape index (κ2) is 12.7. The molecule has 2 unspecified atom stereocenters. The number of carbonyl (C=O) groups is 1. The lowest BCUT2D eigenvalue weighted by molar-refractivity contribution is -0.915. The van der Waals surface area contributed by atoms with Crippen molar-refractivity contribution in [1.29, 1.82) is 0 Å².